The van der Waals surface area contributed by atoms with Crippen LogP contribution in [0, 0.1) is 0 Å². The number of nitrogens with zero attached hydrogens (tertiary/aromatic N) is 1. The SMILES string of the molecule is CCN(CC)CCOCCNC(=O)CCCC(=O)c1cccs1. The predicted molar refractivity (Wildman–Crippen MR) is 94.1 cm³/mol. The van der Waals surface area contributed by atoms with Crippen LogP contribution in [0.2, 0.25) is 0 Å². The number of carbonyl (C=O) groups is 2. The van der Waals surface area contributed by atoms with E-state index in [1.54, 1.807) is 0 Å². The molecule has 1 aromatic heterocycles. The van der Waals surface area contributed by atoms with E-state index in [1.807, 2.05) is 17.5 Å². The Bertz CT molecular complexity index is 445. The smallest absolute Gasteiger partial charge is 0.220 e. The molecule has 1 N–H and O–H groups in total. The van der Waals surface area contributed by atoms with Gasteiger partial charge in [0.25, 0.3) is 0 Å². The van der Waals surface area contributed by atoms with Crippen molar-refractivity contribution in [1.29, 1.82) is 0 Å². The van der Waals surface area contributed by atoms with Crippen LogP contribution >= 0.6 is 11.3 Å². The van der Waals surface area contributed by atoms with E-state index in [4.69, 9.17) is 4.74 Å². The van der Waals surface area contributed by atoms with E-state index in [-0.39, 0.29) is 11.7 Å². The highest BCUT2D eigenvalue weighted by Crippen LogP contribution is 2.12. The number of amides is 1. The molecular formula is C17H28N2O3S. The van der Waals surface area contributed by atoms with Crippen molar-refractivity contribution in [1.82, 2.24) is 10.2 Å². The maximum Gasteiger partial charge on any atom is 0.220 e. The lowest BCUT2D eigenvalue weighted by Crippen LogP contribution is -2.30. The Labute approximate surface area is 143 Å². The number of Topliss-reactive ketones (excluding diaryl/α,β-unsaturated/α-hetero) is 1. The zero-order chi connectivity index (χ0) is 16.9. The van der Waals surface area contributed by atoms with Crippen LogP contribution in [-0.2, 0) is 9.53 Å². The van der Waals surface area contributed by atoms with Gasteiger partial charge in [-0.05, 0) is 31.0 Å². The molecule has 0 aliphatic rings. The Morgan fingerprint density at radius 1 is 1.22 bits per heavy atom. The summed E-state index contributed by atoms with van der Waals surface area (Å²) in [5.74, 6) is 0.101. The van der Waals surface area contributed by atoms with E-state index in [1.165, 1.54) is 11.3 Å². The Kier molecular flexibility index (Phi) is 10.5. The van der Waals surface area contributed by atoms with Crippen molar-refractivity contribution >= 4 is 23.0 Å². The molecule has 0 saturated heterocycles. The molecule has 0 radical (unpaired) electrons. The topological polar surface area (TPSA) is 58.6 Å². The Hall–Kier alpha value is -1.24. The number of hydrogen-bond donors (Lipinski definition) is 1. The number of rotatable bonds is 13. The molecule has 0 aliphatic carbocycles. The number of hydrogen-bond acceptors (Lipinski definition) is 5. The summed E-state index contributed by atoms with van der Waals surface area (Å²) < 4.78 is 5.50. The number of ether oxygens (including phenoxy) is 1. The lowest BCUT2D eigenvalue weighted by molar-refractivity contribution is -0.121. The summed E-state index contributed by atoms with van der Waals surface area (Å²) in [6, 6.07) is 3.69. The van der Waals surface area contributed by atoms with Gasteiger partial charge >= 0.3 is 0 Å². The van der Waals surface area contributed by atoms with Crippen LogP contribution in [0.1, 0.15) is 42.8 Å². The minimum atomic E-state index is -0.0173. The van der Waals surface area contributed by atoms with Crippen molar-refractivity contribution in [2.75, 3.05) is 39.4 Å². The highest BCUT2D eigenvalue weighted by atomic mass is 32.1. The minimum absolute atomic E-state index is 0.0173. The second-order valence-electron chi connectivity index (χ2n) is 5.24. The lowest BCUT2D eigenvalue weighted by atomic mass is 10.1. The molecule has 130 valence electrons. The summed E-state index contributed by atoms with van der Waals surface area (Å²) in [4.78, 5) is 26.5. The standard InChI is InChI=1S/C17H28N2O3S/c1-3-19(4-2)11-13-22-12-10-18-17(21)9-5-7-15(20)16-8-6-14-23-16/h6,8,14H,3-5,7,9-13H2,1-2H3,(H,18,21). The van der Waals surface area contributed by atoms with Crippen molar-refractivity contribution < 1.29 is 14.3 Å². The lowest BCUT2D eigenvalue weighted by Gasteiger charge is -2.17. The Morgan fingerprint density at radius 2 is 2.00 bits per heavy atom. The van der Waals surface area contributed by atoms with Gasteiger partial charge in [0.1, 0.15) is 0 Å². The van der Waals surface area contributed by atoms with Crippen molar-refractivity contribution in [3.05, 3.63) is 22.4 Å². The third kappa shape index (κ3) is 8.83. The second-order valence-corrected chi connectivity index (χ2v) is 6.19. The maximum absolute atomic E-state index is 11.8. The summed E-state index contributed by atoms with van der Waals surface area (Å²) in [5.41, 5.74) is 0. The first-order valence-corrected chi connectivity index (χ1v) is 9.18. The van der Waals surface area contributed by atoms with E-state index < -0.39 is 0 Å². The zero-order valence-corrected chi connectivity index (χ0v) is 15.0. The molecule has 1 rings (SSSR count). The molecule has 0 unspecified atom stereocenters. The van der Waals surface area contributed by atoms with Gasteiger partial charge in [-0.15, -0.1) is 11.3 Å². The molecule has 0 spiro atoms. The Morgan fingerprint density at radius 3 is 2.65 bits per heavy atom. The first kappa shape index (κ1) is 19.8. The van der Waals surface area contributed by atoms with Gasteiger partial charge < -0.3 is 15.0 Å². The number of nitrogens with one attached hydrogen (secondary N) is 1. The van der Waals surface area contributed by atoms with Gasteiger partial charge in [-0.2, -0.15) is 0 Å². The molecule has 5 nitrogen and oxygen atoms in total. The number of likely N-dealkylation sites (N-methyl/N-ethyl adjacent to an activating group) is 1. The van der Waals surface area contributed by atoms with E-state index in [0.29, 0.717) is 39.0 Å². The third-order valence-electron chi connectivity index (χ3n) is 3.62. The zero-order valence-electron chi connectivity index (χ0n) is 14.2. The van der Waals surface area contributed by atoms with Gasteiger partial charge in [-0.1, -0.05) is 19.9 Å². The fraction of sp³-hybridized carbons (Fsp3) is 0.647. The molecule has 0 atom stereocenters. The number of ketones is 1. The molecule has 0 saturated carbocycles. The van der Waals surface area contributed by atoms with Crippen LogP contribution in [0.3, 0.4) is 0 Å². The molecule has 6 heteroatoms. The third-order valence-corrected chi connectivity index (χ3v) is 4.53. The molecule has 0 fully saturated rings. The van der Waals surface area contributed by atoms with Crippen molar-refractivity contribution in [3.8, 4) is 0 Å². The fourth-order valence-corrected chi connectivity index (χ4v) is 2.85. The van der Waals surface area contributed by atoms with Crippen LogP contribution in [-0.4, -0.2) is 56.0 Å². The molecule has 23 heavy (non-hydrogen) atoms. The van der Waals surface area contributed by atoms with Gasteiger partial charge in [0, 0.05) is 25.9 Å². The van der Waals surface area contributed by atoms with E-state index in [2.05, 4.69) is 24.1 Å². The van der Waals surface area contributed by atoms with E-state index in [0.717, 1.165) is 24.5 Å². The van der Waals surface area contributed by atoms with Gasteiger partial charge in [-0.25, -0.2) is 0 Å². The van der Waals surface area contributed by atoms with Gasteiger partial charge in [0.2, 0.25) is 5.91 Å². The summed E-state index contributed by atoms with van der Waals surface area (Å²) in [5, 5.41) is 4.71. The summed E-state index contributed by atoms with van der Waals surface area (Å²) in [7, 11) is 0. The van der Waals surface area contributed by atoms with Crippen LogP contribution < -0.4 is 5.32 Å². The van der Waals surface area contributed by atoms with Crippen molar-refractivity contribution in [2.24, 2.45) is 0 Å². The first-order chi connectivity index (χ1) is 11.2. The number of carbonyl (C=O) groups excluding carboxylic acids is 2. The summed E-state index contributed by atoms with van der Waals surface area (Å²) >= 11 is 1.45. The molecule has 1 aromatic rings. The van der Waals surface area contributed by atoms with Crippen LogP contribution in [0.25, 0.3) is 0 Å². The molecule has 1 heterocycles. The molecule has 0 aromatic carbocycles. The summed E-state index contributed by atoms with van der Waals surface area (Å²) in [6.07, 6.45) is 1.40. The number of thiophene rings is 1. The second kappa shape index (κ2) is 12.2. The predicted octanol–water partition coefficient (Wildman–Crippen LogP) is 2.58. The highest BCUT2D eigenvalue weighted by molar-refractivity contribution is 7.12. The minimum Gasteiger partial charge on any atom is -0.378 e. The van der Waals surface area contributed by atoms with Crippen molar-refractivity contribution in [3.63, 3.8) is 0 Å². The average Bonchev–Trinajstić information content (AvgIpc) is 3.09. The summed E-state index contributed by atoms with van der Waals surface area (Å²) in [6.45, 7) is 8.98. The van der Waals surface area contributed by atoms with Crippen molar-refractivity contribution in [2.45, 2.75) is 33.1 Å². The fourth-order valence-electron chi connectivity index (χ4n) is 2.16. The van der Waals surface area contributed by atoms with Crippen LogP contribution in [0.4, 0.5) is 0 Å². The quantitative estimate of drug-likeness (QED) is 0.443. The van der Waals surface area contributed by atoms with Crippen LogP contribution in [0.5, 0.6) is 0 Å². The van der Waals surface area contributed by atoms with Gasteiger partial charge in [-0.3, -0.25) is 9.59 Å². The largest absolute Gasteiger partial charge is 0.378 e. The first-order valence-electron chi connectivity index (χ1n) is 8.30. The normalized spacial score (nSPS) is 10.9. The van der Waals surface area contributed by atoms with Crippen LogP contribution in [0.15, 0.2) is 17.5 Å². The molecule has 0 aliphatic heterocycles. The maximum atomic E-state index is 11.8. The van der Waals surface area contributed by atoms with E-state index >= 15 is 0 Å². The highest BCUT2D eigenvalue weighted by Gasteiger charge is 2.08. The molecule has 0 bridgehead atoms. The van der Waals surface area contributed by atoms with E-state index in [9.17, 15) is 9.59 Å². The Balaban J connectivity index is 1.97. The van der Waals surface area contributed by atoms with Gasteiger partial charge in [0.15, 0.2) is 5.78 Å². The van der Waals surface area contributed by atoms with Gasteiger partial charge in [0.05, 0.1) is 18.1 Å². The molecule has 1 amide bonds. The monoisotopic (exact) mass is 340 g/mol. The average molecular weight is 340 g/mol. The molecular weight excluding hydrogens is 312 g/mol.